The van der Waals surface area contributed by atoms with E-state index in [0.29, 0.717) is 5.56 Å². The molecule has 1 nitrogen and oxygen atoms in total. The van der Waals surface area contributed by atoms with Crippen LogP contribution >= 0.6 is 0 Å². The minimum atomic E-state index is -4.29. The summed E-state index contributed by atoms with van der Waals surface area (Å²) in [7, 11) is 0. The molecule has 0 saturated carbocycles. The highest BCUT2D eigenvalue weighted by molar-refractivity contribution is 5.68. The highest BCUT2D eigenvalue weighted by Crippen LogP contribution is 2.34. The first kappa shape index (κ1) is 12.0. The fourth-order valence-electron chi connectivity index (χ4n) is 2.14. The quantitative estimate of drug-likeness (QED) is 0.757. The molecule has 2 rings (SSSR count). The van der Waals surface area contributed by atoms with Crippen molar-refractivity contribution in [3.05, 3.63) is 35.9 Å². The molecule has 1 fully saturated rings. The van der Waals surface area contributed by atoms with Crippen LogP contribution in [0, 0.1) is 0 Å². The average molecular weight is 241 g/mol. The standard InChI is InChI=1S/C13H14F3N/c1-2-10-9-11(13(14,15)16)5-6-12(10)17-7-3-4-8-17/h2,5-6,9H,1,3-4,7-8H2. The lowest BCUT2D eigenvalue weighted by Crippen LogP contribution is -2.19. The molecule has 1 saturated heterocycles. The lowest BCUT2D eigenvalue weighted by molar-refractivity contribution is -0.137. The minimum absolute atomic E-state index is 0.557. The summed E-state index contributed by atoms with van der Waals surface area (Å²) in [6.45, 7) is 5.41. The summed E-state index contributed by atoms with van der Waals surface area (Å²) >= 11 is 0. The third-order valence-corrected chi connectivity index (χ3v) is 3.02. The Labute approximate surface area is 98.5 Å². The molecule has 0 aromatic heterocycles. The molecule has 4 heteroatoms. The van der Waals surface area contributed by atoms with E-state index in [1.54, 1.807) is 6.07 Å². The molecule has 1 aliphatic heterocycles. The average Bonchev–Trinajstić information content (AvgIpc) is 2.80. The Hall–Kier alpha value is -1.45. The van der Waals surface area contributed by atoms with Crippen molar-refractivity contribution < 1.29 is 13.2 Å². The third-order valence-electron chi connectivity index (χ3n) is 3.02. The van der Waals surface area contributed by atoms with Gasteiger partial charge in [0.15, 0.2) is 0 Å². The summed E-state index contributed by atoms with van der Waals surface area (Å²) in [4.78, 5) is 2.11. The molecular formula is C13H14F3N. The molecular weight excluding hydrogens is 227 g/mol. The van der Waals surface area contributed by atoms with E-state index in [9.17, 15) is 13.2 Å². The fraction of sp³-hybridized carbons (Fsp3) is 0.385. The topological polar surface area (TPSA) is 3.24 Å². The predicted octanol–water partition coefficient (Wildman–Crippen LogP) is 3.95. The Morgan fingerprint density at radius 1 is 1.18 bits per heavy atom. The van der Waals surface area contributed by atoms with Crippen molar-refractivity contribution in [2.24, 2.45) is 0 Å². The zero-order chi connectivity index (χ0) is 12.5. The largest absolute Gasteiger partial charge is 0.416 e. The summed E-state index contributed by atoms with van der Waals surface area (Å²) < 4.78 is 37.7. The van der Waals surface area contributed by atoms with Gasteiger partial charge in [-0.25, -0.2) is 0 Å². The van der Waals surface area contributed by atoms with Gasteiger partial charge in [-0.05, 0) is 36.6 Å². The monoisotopic (exact) mass is 241 g/mol. The number of nitrogens with zero attached hydrogens (tertiary/aromatic N) is 1. The molecule has 1 aliphatic rings. The second-order valence-electron chi connectivity index (χ2n) is 4.17. The van der Waals surface area contributed by atoms with Crippen LogP contribution in [-0.2, 0) is 6.18 Å². The molecule has 1 heterocycles. The first-order valence-electron chi connectivity index (χ1n) is 5.61. The van der Waals surface area contributed by atoms with Gasteiger partial charge in [-0.1, -0.05) is 12.7 Å². The summed E-state index contributed by atoms with van der Waals surface area (Å²) in [6, 6.07) is 3.85. The molecule has 0 atom stereocenters. The Morgan fingerprint density at radius 2 is 1.82 bits per heavy atom. The van der Waals surface area contributed by atoms with Gasteiger partial charge < -0.3 is 4.90 Å². The number of hydrogen-bond acceptors (Lipinski definition) is 1. The summed E-state index contributed by atoms with van der Waals surface area (Å²) in [5.74, 6) is 0. The van der Waals surface area contributed by atoms with E-state index in [1.165, 1.54) is 12.1 Å². The van der Waals surface area contributed by atoms with Gasteiger partial charge in [0.05, 0.1) is 5.56 Å². The lowest BCUT2D eigenvalue weighted by Gasteiger charge is -2.21. The Bertz CT molecular complexity index is 417. The van der Waals surface area contributed by atoms with Gasteiger partial charge in [0.2, 0.25) is 0 Å². The second-order valence-corrected chi connectivity index (χ2v) is 4.17. The molecule has 0 aliphatic carbocycles. The second kappa shape index (κ2) is 4.43. The Morgan fingerprint density at radius 3 is 2.35 bits per heavy atom. The maximum Gasteiger partial charge on any atom is 0.416 e. The molecule has 92 valence electrons. The van der Waals surface area contributed by atoms with E-state index in [0.717, 1.165) is 37.7 Å². The molecule has 0 unspecified atom stereocenters. The highest BCUT2D eigenvalue weighted by Gasteiger charge is 2.31. The smallest absolute Gasteiger partial charge is 0.371 e. The van der Waals surface area contributed by atoms with E-state index in [-0.39, 0.29) is 0 Å². The SMILES string of the molecule is C=Cc1cc(C(F)(F)F)ccc1N1CCCC1. The Balaban J connectivity index is 2.38. The predicted molar refractivity (Wildman–Crippen MR) is 63.0 cm³/mol. The van der Waals surface area contributed by atoms with E-state index in [1.807, 2.05) is 0 Å². The third kappa shape index (κ3) is 2.46. The molecule has 0 bridgehead atoms. The van der Waals surface area contributed by atoms with Crippen molar-refractivity contribution in [3.63, 3.8) is 0 Å². The summed E-state index contributed by atoms with van der Waals surface area (Å²) in [5.41, 5.74) is 0.794. The summed E-state index contributed by atoms with van der Waals surface area (Å²) in [6.07, 6.45) is -0.612. The lowest BCUT2D eigenvalue weighted by atomic mass is 10.1. The number of halogens is 3. The summed E-state index contributed by atoms with van der Waals surface area (Å²) in [5, 5.41) is 0. The van der Waals surface area contributed by atoms with E-state index in [2.05, 4.69) is 11.5 Å². The van der Waals surface area contributed by atoms with E-state index < -0.39 is 11.7 Å². The Kier molecular flexibility index (Phi) is 3.13. The number of alkyl halides is 3. The maximum absolute atomic E-state index is 12.6. The van der Waals surface area contributed by atoms with Crippen LogP contribution in [0.2, 0.25) is 0 Å². The van der Waals surface area contributed by atoms with Gasteiger partial charge in [-0.2, -0.15) is 13.2 Å². The van der Waals surface area contributed by atoms with Gasteiger partial charge in [-0.15, -0.1) is 0 Å². The molecule has 1 aromatic rings. The van der Waals surface area contributed by atoms with Crippen molar-refractivity contribution in [2.45, 2.75) is 19.0 Å². The van der Waals surface area contributed by atoms with Gasteiger partial charge in [0.1, 0.15) is 0 Å². The molecule has 0 amide bonds. The van der Waals surface area contributed by atoms with E-state index >= 15 is 0 Å². The van der Waals surface area contributed by atoms with Crippen molar-refractivity contribution in [3.8, 4) is 0 Å². The van der Waals surface area contributed by atoms with Crippen LogP contribution in [0.3, 0.4) is 0 Å². The first-order chi connectivity index (χ1) is 8.02. The van der Waals surface area contributed by atoms with Crippen LogP contribution in [0.1, 0.15) is 24.0 Å². The van der Waals surface area contributed by atoms with Crippen LogP contribution in [0.25, 0.3) is 6.08 Å². The van der Waals surface area contributed by atoms with Crippen LogP contribution in [-0.4, -0.2) is 13.1 Å². The maximum atomic E-state index is 12.6. The van der Waals surface area contributed by atoms with Crippen molar-refractivity contribution in [1.82, 2.24) is 0 Å². The number of hydrogen-bond donors (Lipinski definition) is 0. The van der Waals surface area contributed by atoms with Crippen molar-refractivity contribution in [2.75, 3.05) is 18.0 Å². The van der Waals surface area contributed by atoms with Gasteiger partial charge >= 0.3 is 6.18 Å². The molecule has 1 aromatic carbocycles. The van der Waals surface area contributed by atoms with E-state index in [4.69, 9.17) is 0 Å². The molecule has 0 spiro atoms. The van der Waals surface area contributed by atoms with Crippen molar-refractivity contribution in [1.29, 1.82) is 0 Å². The van der Waals surface area contributed by atoms with Gasteiger partial charge in [-0.3, -0.25) is 0 Å². The van der Waals surface area contributed by atoms with Crippen LogP contribution in [0.15, 0.2) is 24.8 Å². The van der Waals surface area contributed by atoms with Crippen LogP contribution in [0.5, 0.6) is 0 Å². The van der Waals surface area contributed by atoms with Gasteiger partial charge in [0, 0.05) is 18.8 Å². The number of anilines is 1. The van der Waals surface area contributed by atoms with Crippen LogP contribution in [0.4, 0.5) is 18.9 Å². The number of benzene rings is 1. The fourth-order valence-corrected chi connectivity index (χ4v) is 2.14. The highest BCUT2D eigenvalue weighted by atomic mass is 19.4. The zero-order valence-corrected chi connectivity index (χ0v) is 9.43. The normalized spacial score (nSPS) is 16.3. The first-order valence-corrected chi connectivity index (χ1v) is 5.61. The zero-order valence-electron chi connectivity index (χ0n) is 9.43. The van der Waals surface area contributed by atoms with Crippen LogP contribution < -0.4 is 4.90 Å². The number of rotatable bonds is 2. The van der Waals surface area contributed by atoms with Gasteiger partial charge in [0.25, 0.3) is 0 Å². The molecule has 17 heavy (non-hydrogen) atoms. The van der Waals surface area contributed by atoms with Crippen molar-refractivity contribution >= 4 is 11.8 Å². The molecule has 0 N–H and O–H groups in total. The minimum Gasteiger partial charge on any atom is -0.371 e. The molecule has 0 radical (unpaired) electrons.